The van der Waals surface area contributed by atoms with E-state index in [9.17, 15) is 0 Å². The first-order valence-corrected chi connectivity index (χ1v) is 5.95. The zero-order valence-corrected chi connectivity index (χ0v) is 10.4. The molecule has 0 bridgehead atoms. The molecule has 0 aliphatic heterocycles. The largest absolute Gasteiger partial charge is 0.301 e. The van der Waals surface area contributed by atoms with E-state index in [2.05, 4.69) is 35.5 Å². The van der Waals surface area contributed by atoms with Crippen molar-refractivity contribution in [2.45, 2.75) is 52.0 Å². The van der Waals surface area contributed by atoms with Gasteiger partial charge in [0.25, 0.3) is 0 Å². The monoisotopic (exact) mass is 227 g/mol. The molecule has 15 heavy (non-hydrogen) atoms. The highest BCUT2D eigenvalue weighted by atomic mass is 35.5. The molecule has 0 saturated heterocycles. The molecule has 0 amide bonds. The first-order valence-electron chi connectivity index (χ1n) is 5.57. The highest BCUT2D eigenvalue weighted by Crippen LogP contribution is 2.31. The van der Waals surface area contributed by atoms with Crippen molar-refractivity contribution < 1.29 is 0 Å². The molecule has 1 heterocycles. The van der Waals surface area contributed by atoms with Crippen molar-refractivity contribution in [1.82, 2.24) is 14.8 Å². The lowest BCUT2D eigenvalue weighted by molar-refractivity contribution is 0.269. The highest BCUT2D eigenvalue weighted by molar-refractivity contribution is 6.28. The van der Waals surface area contributed by atoms with Crippen LogP contribution in [0.5, 0.6) is 0 Å². The standard InChI is InChI=1S/C11H18ClN3/c1-11(2,3)9-13-14-10(12)15(9)7-8-5-4-6-8/h8H,4-7H2,1-3H3. The van der Waals surface area contributed by atoms with E-state index in [1.165, 1.54) is 19.3 Å². The second-order valence-electron chi connectivity index (χ2n) is 5.45. The SMILES string of the molecule is CC(C)(C)c1nnc(Cl)n1CC1CCC1. The Morgan fingerprint density at radius 2 is 2.00 bits per heavy atom. The molecule has 1 fully saturated rings. The van der Waals surface area contributed by atoms with Gasteiger partial charge in [0.1, 0.15) is 5.82 Å². The Labute approximate surface area is 95.8 Å². The minimum Gasteiger partial charge on any atom is -0.301 e. The molecule has 1 saturated carbocycles. The van der Waals surface area contributed by atoms with Crippen LogP contribution < -0.4 is 0 Å². The van der Waals surface area contributed by atoms with Crippen LogP contribution in [-0.4, -0.2) is 14.8 Å². The lowest BCUT2D eigenvalue weighted by Gasteiger charge is -2.28. The van der Waals surface area contributed by atoms with Crippen LogP contribution in [0, 0.1) is 5.92 Å². The molecule has 1 aromatic heterocycles. The summed E-state index contributed by atoms with van der Waals surface area (Å²) in [5.41, 5.74) is 0.0177. The van der Waals surface area contributed by atoms with Gasteiger partial charge in [-0.15, -0.1) is 10.2 Å². The Balaban J connectivity index is 2.23. The molecular formula is C11H18ClN3. The summed E-state index contributed by atoms with van der Waals surface area (Å²) in [6, 6.07) is 0. The predicted octanol–water partition coefficient (Wildman–Crippen LogP) is 3.03. The van der Waals surface area contributed by atoms with Gasteiger partial charge in [-0.05, 0) is 30.4 Å². The topological polar surface area (TPSA) is 30.7 Å². The van der Waals surface area contributed by atoms with Crippen molar-refractivity contribution in [2.75, 3.05) is 0 Å². The Hall–Kier alpha value is -0.570. The molecule has 4 heteroatoms. The number of rotatable bonds is 2. The first kappa shape index (κ1) is 10.9. The van der Waals surface area contributed by atoms with Crippen LogP contribution in [0.4, 0.5) is 0 Å². The third-order valence-corrected chi connectivity index (χ3v) is 3.32. The quantitative estimate of drug-likeness (QED) is 0.778. The van der Waals surface area contributed by atoms with E-state index in [4.69, 9.17) is 11.6 Å². The van der Waals surface area contributed by atoms with Crippen LogP contribution in [-0.2, 0) is 12.0 Å². The molecule has 2 rings (SSSR count). The lowest BCUT2D eigenvalue weighted by Crippen LogP contribution is -2.24. The van der Waals surface area contributed by atoms with Crippen molar-refractivity contribution in [3.8, 4) is 0 Å². The van der Waals surface area contributed by atoms with E-state index in [1.807, 2.05) is 0 Å². The molecule has 0 radical (unpaired) electrons. The predicted molar refractivity (Wildman–Crippen MR) is 61.1 cm³/mol. The zero-order valence-electron chi connectivity index (χ0n) is 9.63. The van der Waals surface area contributed by atoms with E-state index in [0.717, 1.165) is 18.3 Å². The maximum Gasteiger partial charge on any atom is 0.225 e. The van der Waals surface area contributed by atoms with Crippen molar-refractivity contribution >= 4 is 11.6 Å². The number of nitrogens with zero attached hydrogens (tertiary/aromatic N) is 3. The van der Waals surface area contributed by atoms with Crippen LogP contribution in [0.2, 0.25) is 5.28 Å². The molecule has 0 atom stereocenters. The van der Waals surface area contributed by atoms with E-state index in [1.54, 1.807) is 0 Å². The third kappa shape index (κ3) is 2.17. The Bertz CT molecular complexity index is 347. The molecule has 3 nitrogen and oxygen atoms in total. The molecule has 0 spiro atoms. The van der Waals surface area contributed by atoms with Crippen LogP contribution in [0.1, 0.15) is 45.9 Å². The number of aromatic nitrogens is 3. The summed E-state index contributed by atoms with van der Waals surface area (Å²) in [7, 11) is 0. The zero-order chi connectivity index (χ0) is 11.1. The molecule has 1 aliphatic carbocycles. The number of halogens is 1. The summed E-state index contributed by atoms with van der Waals surface area (Å²) in [4.78, 5) is 0. The average Bonchev–Trinajstić information content (AvgIpc) is 2.39. The van der Waals surface area contributed by atoms with Crippen molar-refractivity contribution in [3.63, 3.8) is 0 Å². The van der Waals surface area contributed by atoms with Crippen LogP contribution in [0.25, 0.3) is 0 Å². The van der Waals surface area contributed by atoms with Gasteiger partial charge in [0.15, 0.2) is 0 Å². The summed E-state index contributed by atoms with van der Waals surface area (Å²) in [6.45, 7) is 7.41. The van der Waals surface area contributed by atoms with Crippen molar-refractivity contribution in [1.29, 1.82) is 0 Å². The Morgan fingerprint density at radius 1 is 1.33 bits per heavy atom. The van der Waals surface area contributed by atoms with Crippen LogP contribution >= 0.6 is 11.6 Å². The van der Waals surface area contributed by atoms with Gasteiger partial charge in [-0.3, -0.25) is 0 Å². The Kier molecular flexibility index (Phi) is 2.75. The van der Waals surface area contributed by atoms with Gasteiger partial charge in [-0.2, -0.15) is 0 Å². The van der Waals surface area contributed by atoms with E-state index >= 15 is 0 Å². The van der Waals surface area contributed by atoms with Gasteiger partial charge in [0.05, 0.1) is 0 Å². The maximum absolute atomic E-state index is 6.07. The first-order chi connectivity index (χ1) is 6.98. The number of hydrogen-bond acceptors (Lipinski definition) is 2. The second-order valence-corrected chi connectivity index (χ2v) is 5.79. The van der Waals surface area contributed by atoms with Gasteiger partial charge >= 0.3 is 0 Å². The van der Waals surface area contributed by atoms with Gasteiger partial charge < -0.3 is 4.57 Å². The molecule has 1 aliphatic rings. The highest BCUT2D eigenvalue weighted by Gasteiger charge is 2.26. The normalized spacial score (nSPS) is 17.9. The minimum absolute atomic E-state index is 0.0177. The summed E-state index contributed by atoms with van der Waals surface area (Å²) >= 11 is 6.07. The third-order valence-electron chi connectivity index (χ3n) is 3.04. The van der Waals surface area contributed by atoms with Gasteiger partial charge in [0.2, 0.25) is 5.28 Å². The van der Waals surface area contributed by atoms with Gasteiger partial charge in [0, 0.05) is 12.0 Å². The summed E-state index contributed by atoms with van der Waals surface area (Å²) in [6.07, 6.45) is 3.99. The van der Waals surface area contributed by atoms with E-state index < -0.39 is 0 Å². The fraction of sp³-hybridized carbons (Fsp3) is 0.818. The summed E-state index contributed by atoms with van der Waals surface area (Å²) in [5, 5.41) is 8.69. The molecule has 0 unspecified atom stereocenters. The maximum atomic E-state index is 6.07. The van der Waals surface area contributed by atoms with Crippen LogP contribution in [0.15, 0.2) is 0 Å². The summed E-state index contributed by atoms with van der Waals surface area (Å²) in [5.74, 6) is 1.78. The van der Waals surface area contributed by atoms with E-state index in [0.29, 0.717) is 5.28 Å². The summed E-state index contributed by atoms with van der Waals surface area (Å²) < 4.78 is 2.07. The lowest BCUT2D eigenvalue weighted by atomic mass is 9.85. The van der Waals surface area contributed by atoms with E-state index in [-0.39, 0.29) is 5.41 Å². The average molecular weight is 228 g/mol. The van der Waals surface area contributed by atoms with Gasteiger partial charge in [-0.1, -0.05) is 27.2 Å². The minimum atomic E-state index is 0.0177. The molecule has 0 aromatic carbocycles. The van der Waals surface area contributed by atoms with Crippen molar-refractivity contribution in [3.05, 3.63) is 11.1 Å². The fourth-order valence-electron chi connectivity index (χ4n) is 1.93. The van der Waals surface area contributed by atoms with Gasteiger partial charge in [-0.25, -0.2) is 0 Å². The Morgan fingerprint density at radius 3 is 2.47 bits per heavy atom. The molecule has 84 valence electrons. The smallest absolute Gasteiger partial charge is 0.225 e. The van der Waals surface area contributed by atoms with Crippen molar-refractivity contribution in [2.24, 2.45) is 5.92 Å². The molecular weight excluding hydrogens is 210 g/mol. The number of hydrogen-bond donors (Lipinski definition) is 0. The second kappa shape index (κ2) is 3.78. The molecule has 0 N–H and O–H groups in total. The molecule has 1 aromatic rings. The fourth-order valence-corrected chi connectivity index (χ4v) is 2.12. The van der Waals surface area contributed by atoms with Crippen LogP contribution in [0.3, 0.4) is 0 Å².